The van der Waals surface area contributed by atoms with Crippen molar-refractivity contribution in [2.24, 2.45) is 0 Å². The van der Waals surface area contributed by atoms with Crippen LogP contribution in [-0.4, -0.2) is 46.6 Å². The zero-order valence-electron chi connectivity index (χ0n) is 8.44. The molecule has 14 heavy (non-hydrogen) atoms. The Balaban J connectivity index is 3.38. The molecule has 2 atom stereocenters. The Morgan fingerprint density at radius 3 is 2.36 bits per heavy atom. The molecule has 0 bridgehead atoms. The summed E-state index contributed by atoms with van der Waals surface area (Å²) in [5, 5.41) is 29.6. The molecule has 0 amide bonds. The van der Waals surface area contributed by atoms with Crippen LogP contribution in [0.15, 0.2) is 0 Å². The topological polar surface area (TPSA) is 89.8 Å². The predicted octanol–water partition coefficient (Wildman–Crippen LogP) is -0.427. The van der Waals surface area contributed by atoms with Crippen molar-refractivity contribution in [1.29, 1.82) is 0 Å². The Hall–Kier alpha value is -0.650. The van der Waals surface area contributed by atoms with Gasteiger partial charge in [0.1, 0.15) is 0 Å². The Morgan fingerprint density at radius 1 is 1.29 bits per heavy atom. The third-order valence-corrected chi connectivity index (χ3v) is 1.79. The number of carbonyl (C=O) groups is 1. The van der Waals surface area contributed by atoms with Gasteiger partial charge < -0.3 is 20.6 Å². The number of hydrogen-bond donors (Lipinski definition) is 4. The highest BCUT2D eigenvalue weighted by Crippen LogP contribution is 1.94. The number of rotatable bonds is 8. The fraction of sp³-hybridized carbons (Fsp3) is 0.889. The molecule has 0 aromatic heterocycles. The number of aliphatic hydroxyl groups is 2. The first-order valence-corrected chi connectivity index (χ1v) is 4.84. The minimum atomic E-state index is -1.02. The Bertz CT molecular complexity index is 163. The molecule has 0 radical (unpaired) electrons. The molecule has 0 fully saturated rings. The van der Waals surface area contributed by atoms with Gasteiger partial charge in [0, 0.05) is 13.1 Å². The van der Waals surface area contributed by atoms with Gasteiger partial charge in [-0.3, -0.25) is 4.79 Å². The van der Waals surface area contributed by atoms with Gasteiger partial charge in [-0.25, -0.2) is 0 Å². The fourth-order valence-electron chi connectivity index (χ4n) is 1.13. The summed E-state index contributed by atoms with van der Waals surface area (Å²) in [6, 6.07) is 0. The summed E-state index contributed by atoms with van der Waals surface area (Å²) in [5.41, 5.74) is 0. The maximum atomic E-state index is 10.2. The first-order chi connectivity index (χ1) is 6.56. The molecule has 0 aromatic rings. The highest BCUT2D eigenvalue weighted by molar-refractivity contribution is 5.67. The van der Waals surface area contributed by atoms with Crippen molar-refractivity contribution < 1.29 is 20.1 Å². The van der Waals surface area contributed by atoms with Gasteiger partial charge in [0.2, 0.25) is 0 Å². The first-order valence-electron chi connectivity index (χ1n) is 4.84. The summed E-state index contributed by atoms with van der Waals surface area (Å²) in [7, 11) is 0. The zero-order chi connectivity index (χ0) is 11.0. The van der Waals surface area contributed by atoms with Crippen molar-refractivity contribution in [2.75, 3.05) is 13.1 Å². The molecule has 84 valence electrons. The second-order valence-electron chi connectivity index (χ2n) is 3.35. The molecule has 5 heteroatoms. The molecule has 5 nitrogen and oxygen atoms in total. The smallest absolute Gasteiger partial charge is 0.306 e. The van der Waals surface area contributed by atoms with Gasteiger partial charge in [0.05, 0.1) is 18.6 Å². The lowest BCUT2D eigenvalue weighted by molar-refractivity contribution is -0.139. The van der Waals surface area contributed by atoms with Gasteiger partial charge >= 0.3 is 5.97 Å². The van der Waals surface area contributed by atoms with Gasteiger partial charge in [-0.05, 0) is 6.42 Å². The largest absolute Gasteiger partial charge is 0.481 e. The van der Waals surface area contributed by atoms with Crippen LogP contribution in [0, 0.1) is 0 Å². The molecule has 0 heterocycles. The molecule has 0 aromatic carbocycles. The van der Waals surface area contributed by atoms with Crippen LogP contribution in [0.3, 0.4) is 0 Å². The maximum absolute atomic E-state index is 10.2. The number of carboxylic acid groups (broad SMARTS) is 1. The fourth-order valence-corrected chi connectivity index (χ4v) is 1.13. The van der Waals surface area contributed by atoms with E-state index in [1.807, 2.05) is 6.92 Å². The van der Waals surface area contributed by atoms with E-state index in [2.05, 4.69) is 5.32 Å². The molecule has 0 aliphatic rings. The van der Waals surface area contributed by atoms with Gasteiger partial charge in [0.15, 0.2) is 0 Å². The van der Waals surface area contributed by atoms with Gasteiger partial charge in [0.25, 0.3) is 0 Å². The highest BCUT2D eigenvalue weighted by atomic mass is 16.4. The van der Waals surface area contributed by atoms with Crippen molar-refractivity contribution in [3.63, 3.8) is 0 Å². The van der Waals surface area contributed by atoms with E-state index in [9.17, 15) is 9.90 Å². The Kier molecular flexibility index (Phi) is 7.37. The minimum Gasteiger partial charge on any atom is -0.481 e. The van der Waals surface area contributed by atoms with Gasteiger partial charge in [-0.15, -0.1) is 0 Å². The van der Waals surface area contributed by atoms with Crippen molar-refractivity contribution in [1.82, 2.24) is 5.32 Å². The quantitative estimate of drug-likeness (QED) is 0.432. The highest BCUT2D eigenvalue weighted by Gasteiger charge is 2.09. The average molecular weight is 205 g/mol. The van der Waals surface area contributed by atoms with E-state index in [-0.39, 0.29) is 13.0 Å². The molecule has 0 saturated heterocycles. The van der Waals surface area contributed by atoms with Crippen LogP contribution in [0.4, 0.5) is 0 Å². The van der Waals surface area contributed by atoms with Crippen molar-refractivity contribution in [3.05, 3.63) is 0 Å². The van der Waals surface area contributed by atoms with Crippen LogP contribution in [-0.2, 0) is 4.79 Å². The summed E-state index contributed by atoms with van der Waals surface area (Å²) in [5.74, 6) is -1.02. The van der Waals surface area contributed by atoms with E-state index in [4.69, 9.17) is 10.2 Å². The molecule has 0 spiro atoms. The normalized spacial score (nSPS) is 15.1. The van der Waals surface area contributed by atoms with E-state index in [1.165, 1.54) is 0 Å². The summed E-state index contributed by atoms with van der Waals surface area (Å²) in [4.78, 5) is 10.2. The first kappa shape index (κ1) is 13.4. The Morgan fingerprint density at radius 2 is 1.86 bits per heavy atom. The van der Waals surface area contributed by atoms with Crippen molar-refractivity contribution >= 4 is 5.97 Å². The lowest BCUT2D eigenvalue weighted by atomic mass is 10.2. The summed E-state index contributed by atoms with van der Waals surface area (Å²) >= 11 is 0. The lowest BCUT2D eigenvalue weighted by Gasteiger charge is -2.12. The van der Waals surface area contributed by atoms with E-state index in [0.717, 1.165) is 6.42 Å². The molecule has 0 aliphatic heterocycles. The van der Waals surface area contributed by atoms with Crippen molar-refractivity contribution in [3.8, 4) is 0 Å². The number of nitrogens with one attached hydrogen (secondary N) is 1. The van der Waals surface area contributed by atoms with Crippen molar-refractivity contribution in [2.45, 2.75) is 38.4 Å². The summed E-state index contributed by atoms with van der Waals surface area (Å²) < 4.78 is 0. The lowest BCUT2D eigenvalue weighted by Crippen LogP contribution is -2.34. The van der Waals surface area contributed by atoms with Crippen LogP contribution in [0.5, 0.6) is 0 Å². The summed E-state index contributed by atoms with van der Waals surface area (Å²) in [6.07, 6.45) is 0.0396. The number of carboxylic acids is 1. The third kappa shape index (κ3) is 7.97. The van der Waals surface area contributed by atoms with Crippen LogP contribution in [0.2, 0.25) is 0 Å². The molecule has 0 aliphatic carbocycles. The SMILES string of the molecule is CCCC(O)CNCC(O)CC(=O)O. The van der Waals surface area contributed by atoms with E-state index in [0.29, 0.717) is 13.0 Å². The van der Waals surface area contributed by atoms with Gasteiger partial charge in [-0.2, -0.15) is 0 Å². The zero-order valence-corrected chi connectivity index (χ0v) is 8.44. The van der Waals surface area contributed by atoms with Crippen LogP contribution < -0.4 is 5.32 Å². The van der Waals surface area contributed by atoms with Crippen LogP contribution in [0.25, 0.3) is 0 Å². The number of aliphatic hydroxyl groups excluding tert-OH is 2. The Labute approximate surface area is 83.8 Å². The molecule has 0 rings (SSSR count). The second-order valence-corrected chi connectivity index (χ2v) is 3.35. The van der Waals surface area contributed by atoms with E-state index < -0.39 is 18.2 Å². The monoisotopic (exact) mass is 205 g/mol. The van der Waals surface area contributed by atoms with Gasteiger partial charge in [-0.1, -0.05) is 13.3 Å². The maximum Gasteiger partial charge on any atom is 0.306 e. The molecule has 0 saturated carbocycles. The average Bonchev–Trinajstić information content (AvgIpc) is 2.02. The number of aliphatic carboxylic acids is 1. The predicted molar refractivity (Wildman–Crippen MR) is 52.0 cm³/mol. The molecular formula is C9H19NO4. The molecule has 4 N–H and O–H groups in total. The summed E-state index contributed by atoms with van der Waals surface area (Å²) in [6.45, 7) is 2.57. The molecule has 2 unspecified atom stereocenters. The third-order valence-electron chi connectivity index (χ3n) is 1.79. The standard InChI is InChI=1S/C9H19NO4/c1-2-3-7(11)5-10-6-8(12)4-9(13)14/h7-8,10-12H,2-6H2,1H3,(H,13,14). The number of hydrogen-bond acceptors (Lipinski definition) is 4. The van der Waals surface area contributed by atoms with Crippen LogP contribution >= 0.6 is 0 Å². The second kappa shape index (κ2) is 7.73. The molecular weight excluding hydrogens is 186 g/mol. The van der Waals surface area contributed by atoms with E-state index in [1.54, 1.807) is 0 Å². The minimum absolute atomic E-state index is 0.201. The van der Waals surface area contributed by atoms with Crippen LogP contribution in [0.1, 0.15) is 26.2 Å². The van der Waals surface area contributed by atoms with E-state index >= 15 is 0 Å².